The molecule has 0 aliphatic heterocycles. The third-order valence-corrected chi connectivity index (χ3v) is 2.96. The Morgan fingerprint density at radius 2 is 2.07 bits per heavy atom. The van der Waals surface area contributed by atoms with E-state index < -0.39 is 0 Å². The number of rotatable bonds is 8. The average Bonchev–Trinajstić information content (AvgIpc) is 2.17. The van der Waals surface area contributed by atoms with Crippen molar-refractivity contribution in [1.29, 1.82) is 0 Å². The molecule has 0 aromatic rings. The van der Waals surface area contributed by atoms with Crippen molar-refractivity contribution in [3.63, 3.8) is 0 Å². The van der Waals surface area contributed by atoms with Crippen LogP contribution in [0.1, 0.15) is 46.5 Å². The largest absolute Gasteiger partial charge is 0.396 e. The number of aliphatic hydroxyl groups is 1. The van der Waals surface area contributed by atoms with Gasteiger partial charge < -0.3 is 5.11 Å². The summed E-state index contributed by atoms with van der Waals surface area (Å²) in [7, 11) is 0. The van der Waals surface area contributed by atoms with Crippen molar-refractivity contribution in [3.8, 4) is 0 Å². The Balaban J connectivity index is 4.04. The zero-order valence-electron chi connectivity index (χ0n) is 10.5. The molecule has 0 aromatic heterocycles. The predicted octanol–water partition coefficient (Wildman–Crippen LogP) is 3.94. The van der Waals surface area contributed by atoms with Crippen LogP contribution >= 0.6 is 0 Å². The van der Waals surface area contributed by atoms with Gasteiger partial charge in [0.25, 0.3) is 0 Å². The monoisotopic (exact) mass is 210 g/mol. The van der Waals surface area contributed by atoms with E-state index in [2.05, 4.69) is 33.4 Å². The van der Waals surface area contributed by atoms with Gasteiger partial charge in [-0.3, -0.25) is 0 Å². The van der Waals surface area contributed by atoms with E-state index in [0.717, 1.165) is 31.1 Å². The Morgan fingerprint density at radius 1 is 1.40 bits per heavy atom. The summed E-state index contributed by atoms with van der Waals surface area (Å²) in [5, 5.41) is 8.80. The van der Waals surface area contributed by atoms with Crippen LogP contribution in [0.2, 0.25) is 0 Å². The molecule has 0 heterocycles. The van der Waals surface area contributed by atoms with E-state index in [0.29, 0.717) is 0 Å². The minimum Gasteiger partial charge on any atom is -0.396 e. The SMILES string of the molecule is C=CCCC(CC=C(C)CCO)C(C)C. The number of aliphatic hydroxyl groups excluding tert-OH is 1. The molecule has 1 heteroatoms. The predicted molar refractivity (Wildman–Crippen MR) is 67.8 cm³/mol. The Hall–Kier alpha value is -0.560. The fraction of sp³-hybridized carbons (Fsp3) is 0.714. The summed E-state index contributed by atoms with van der Waals surface area (Å²) < 4.78 is 0. The Bertz CT molecular complexity index is 192. The molecule has 0 rings (SSSR count). The smallest absolute Gasteiger partial charge is 0.0468 e. The first-order valence-electron chi connectivity index (χ1n) is 5.99. The molecule has 1 nitrogen and oxygen atoms in total. The fourth-order valence-electron chi connectivity index (χ4n) is 1.69. The van der Waals surface area contributed by atoms with Crippen LogP contribution in [0.15, 0.2) is 24.3 Å². The maximum Gasteiger partial charge on any atom is 0.0468 e. The lowest BCUT2D eigenvalue weighted by molar-refractivity contribution is 0.298. The number of hydrogen-bond acceptors (Lipinski definition) is 1. The van der Waals surface area contributed by atoms with Crippen LogP contribution in [0.3, 0.4) is 0 Å². The molecule has 1 unspecified atom stereocenters. The van der Waals surface area contributed by atoms with Gasteiger partial charge in [0.2, 0.25) is 0 Å². The van der Waals surface area contributed by atoms with Crippen LogP contribution in [0.5, 0.6) is 0 Å². The first kappa shape index (κ1) is 14.4. The average molecular weight is 210 g/mol. The highest BCUT2D eigenvalue weighted by Crippen LogP contribution is 2.22. The first-order chi connectivity index (χ1) is 7.11. The summed E-state index contributed by atoms with van der Waals surface area (Å²) >= 11 is 0. The van der Waals surface area contributed by atoms with Crippen LogP contribution in [-0.4, -0.2) is 11.7 Å². The molecule has 88 valence electrons. The number of allylic oxidation sites excluding steroid dienone is 2. The van der Waals surface area contributed by atoms with Crippen molar-refractivity contribution in [2.75, 3.05) is 6.61 Å². The molecule has 0 spiro atoms. The molecular formula is C14H26O. The second kappa shape index (κ2) is 8.72. The van der Waals surface area contributed by atoms with E-state index >= 15 is 0 Å². The van der Waals surface area contributed by atoms with Gasteiger partial charge in [0.15, 0.2) is 0 Å². The standard InChI is InChI=1S/C14H26O/c1-5-6-7-14(12(2)3)9-8-13(4)10-11-15/h5,8,12,14-15H,1,6-7,9-11H2,2-4H3. The van der Waals surface area contributed by atoms with Crippen molar-refractivity contribution in [2.24, 2.45) is 11.8 Å². The third kappa shape index (κ3) is 7.38. The van der Waals surface area contributed by atoms with E-state index in [1.165, 1.54) is 12.0 Å². The third-order valence-electron chi connectivity index (χ3n) is 2.96. The maximum atomic E-state index is 8.80. The molecule has 0 saturated carbocycles. The van der Waals surface area contributed by atoms with Crippen molar-refractivity contribution >= 4 is 0 Å². The molecule has 0 fully saturated rings. The molecule has 0 aromatic carbocycles. The van der Waals surface area contributed by atoms with Gasteiger partial charge in [-0.25, -0.2) is 0 Å². The van der Waals surface area contributed by atoms with Gasteiger partial charge in [-0.15, -0.1) is 6.58 Å². The molecule has 15 heavy (non-hydrogen) atoms. The van der Waals surface area contributed by atoms with Crippen molar-refractivity contribution in [2.45, 2.75) is 46.5 Å². The molecule has 0 aliphatic rings. The lowest BCUT2D eigenvalue weighted by Gasteiger charge is -2.18. The van der Waals surface area contributed by atoms with Gasteiger partial charge in [-0.05, 0) is 44.4 Å². The lowest BCUT2D eigenvalue weighted by atomic mass is 9.87. The molecule has 1 atom stereocenters. The molecule has 0 saturated heterocycles. The topological polar surface area (TPSA) is 20.2 Å². The Kier molecular flexibility index (Phi) is 8.40. The minimum atomic E-state index is 0.265. The van der Waals surface area contributed by atoms with E-state index in [-0.39, 0.29) is 6.61 Å². The zero-order chi connectivity index (χ0) is 11.7. The summed E-state index contributed by atoms with van der Waals surface area (Å²) in [6.07, 6.45) is 8.56. The summed E-state index contributed by atoms with van der Waals surface area (Å²) in [4.78, 5) is 0. The quantitative estimate of drug-likeness (QED) is 0.602. The molecule has 0 bridgehead atoms. The van der Waals surface area contributed by atoms with Crippen LogP contribution < -0.4 is 0 Å². The fourth-order valence-corrected chi connectivity index (χ4v) is 1.69. The summed E-state index contributed by atoms with van der Waals surface area (Å²) in [6, 6.07) is 0. The lowest BCUT2D eigenvalue weighted by Crippen LogP contribution is -2.07. The molecule has 0 amide bonds. The first-order valence-corrected chi connectivity index (χ1v) is 5.99. The van der Waals surface area contributed by atoms with Crippen LogP contribution in [0.4, 0.5) is 0 Å². The van der Waals surface area contributed by atoms with E-state index in [1.54, 1.807) is 0 Å². The maximum absolute atomic E-state index is 8.80. The minimum absolute atomic E-state index is 0.265. The number of hydrogen-bond donors (Lipinski definition) is 1. The summed E-state index contributed by atoms with van der Waals surface area (Å²) in [5.41, 5.74) is 1.31. The zero-order valence-corrected chi connectivity index (χ0v) is 10.5. The highest BCUT2D eigenvalue weighted by atomic mass is 16.2. The highest BCUT2D eigenvalue weighted by Gasteiger charge is 2.10. The van der Waals surface area contributed by atoms with Gasteiger partial charge in [0.1, 0.15) is 0 Å². The second-order valence-electron chi connectivity index (χ2n) is 4.63. The van der Waals surface area contributed by atoms with E-state index in [4.69, 9.17) is 5.11 Å². The molecule has 0 radical (unpaired) electrons. The van der Waals surface area contributed by atoms with E-state index in [1.807, 2.05) is 6.08 Å². The van der Waals surface area contributed by atoms with Gasteiger partial charge in [0.05, 0.1) is 0 Å². The highest BCUT2D eigenvalue weighted by molar-refractivity contribution is 4.98. The molecule has 1 N–H and O–H groups in total. The van der Waals surface area contributed by atoms with Gasteiger partial charge in [-0.1, -0.05) is 31.6 Å². The van der Waals surface area contributed by atoms with Crippen LogP contribution in [0, 0.1) is 11.8 Å². The van der Waals surface area contributed by atoms with Crippen LogP contribution in [-0.2, 0) is 0 Å². The van der Waals surface area contributed by atoms with Crippen molar-refractivity contribution in [3.05, 3.63) is 24.3 Å². The van der Waals surface area contributed by atoms with Gasteiger partial charge in [-0.2, -0.15) is 0 Å². The molecular weight excluding hydrogens is 184 g/mol. The molecule has 0 aliphatic carbocycles. The summed E-state index contributed by atoms with van der Waals surface area (Å²) in [5.74, 6) is 1.47. The summed E-state index contributed by atoms with van der Waals surface area (Å²) in [6.45, 7) is 10.7. The Morgan fingerprint density at radius 3 is 2.53 bits per heavy atom. The van der Waals surface area contributed by atoms with E-state index in [9.17, 15) is 0 Å². The normalized spacial score (nSPS) is 14.3. The van der Waals surface area contributed by atoms with Crippen molar-refractivity contribution in [1.82, 2.24) is 0 Å². The Labute approximate surface area is 94.9 Å². The van der Waals surface area contributed by atoms with Crippen molar-refractivity contribution < 1.29 is 5.11 Å². The van der Waals surface area contributed by atoms with Crippen LogP contribution in [0.25, 0.3) is 0 Å². The van der Waals surface area contributed by atoms with Gasteiger partial charge >= 0.3 is 0 Å². The van der Waals surface area contributed by atoms with Gasteiger partial charge in [0, 0.05) is 6.61 Å². The second-order valence-corrected chi connectivity index (χ2v) is 4.63.